The van der Waals surface area contributed by atoms with Crippen molar-refractivity contribution in [2.45, 2.75) is 19.0 Å². The standard InChI is InChI=1S/C14H18N4OS.ClH/c1-15-13(11-7-16-17(2)8-11)14(19)18-5-3-12-10(9-18)4-6-20-12;/h4,6-8,13,15H,3,5,9H2,1-2H3;1H. The van der Waals surface area contributed by atoms with E-state index < -0.39 is 0 Å². The van der Waals surface area contributed by atoms with Crippen LogP contribution in [0.5, 0.6) is 0 Å². The van der Waals surface area contributed by atoms with Crippen molar-refractivity contribution in [2.24, 2.45) is 7.05 Å². The van der Waals surface area contributed by atoms with Crippen molar-refractivity contribution in [3.05, 3.63) is 39.8 Å². The van der Waals surface area contributed by atoms with Crippen molar-refractivity contribution in [3.63, 3.8) is 0 Å². The second kappa shape index (κ2) is 6.60. The molecule has 7 heteroatoms. The number of hydrogen-bond acceptors (Lipinski definition) is 4. The van der Waals surface area contributed by atoms with Gasteiger partial charge >= 0.3 is 0 Å². The van der Waals surface area contributed by atoms with Crippen LogP contribution in [0, 0.1) is 0 Å². The Bertz CT molecular complexity index is 624. The Hall–Kier alpha value is -1.37. The van der Waals surface area contributed by atoms with E-state index in [9.17, 15) is 4.79 Å². The van der Waals surface area contributed by atoms with E-state index in [1.807, 2.05) is 25.2 Å². The van der Waals surface area contributed by atoms with Crippen LogP contribution in [0.3, 0.4) is 0 Å². The van der Waals surface area contributed by atoms with Crippen molar-refractivity contribution >= 4 is 29.7 Å². The lowest BCUT2D eigenvalue weighted by molar-refractivity contribution is -0.134. The second-order valence-electron chi connectivity index (χ2n) is 5.05. The molecule has 0 spiro atoms. The van der Waals surface area contributed by atoms with E-state index in [2.05, 4.69) is 21.9 Å². The molecule has 0 aliphatic carbocycles. The number of carbonyl (C=O) groups excluding carboxylic acids is 1. The summed E-state index contributed by atoms with van der Waals surface area (Å²) in [6.45, 7) is 1.51. The maximum absolute atomic E-state index is 12.7. The van der Waals surface area contributed by atoms with Gasteiger partial charge in [0.15, 0.2) is 0 Å². The van der Waals surface area contributed by atoms with Gasteiger partial charge in [0.25, 0.3) is 0 Å². The molecule has 3 rings (SSSR count). The van der Waals surface area contributed by atoms with Gasteiger partial charge in [-0.1, -0.05) is 0 Å². The van der Waals surface area contributed by atoms with Crippen molar-refractivity contribution in [1.29, 1.82) is 0 Å². The van der Waals surface area contributed by atoms with Gasteiger partial charge in [0, 0.05) is 36.8 Å². The minimum atomic E-state index is -0.316. The Morgan fingerprint density at radius 1 is 1.52 bits per heavy atom. The highest BCUT2D eigenvalue weighted by atomic mass is 35.5. The number of nitrogens with one attached hydrogen (secondary N) is 1. The molecule has 1 N–H and O–H groups in total. The molecule has 0 fully saturated rings. The fourth-order valence-electron chi connectivity index (χ4n) is 2.64. The lowest BCUT2D eigenvalue weighted by Gasteiger charge is -2.30. The number of halogens is 1. The molecular formula is C14H19ClN4OS. The average molecular weight is 327 g/mol. The molecule has 2 aromatic heterocycles. The minimum absolute atomic E-state index is 0. The molecule has 0 saturated carbocycles. The van der Waals surface area contributed by atoms with Gasteiger partial charge in [-0.05, 0) is 30.5 Å². The largest absolute Gasteiger partial charge is 0.336 e. The van der Waals surface area contributed by atoms with Crippen LogP contribution in [0.2, 0.25) is 0 Å². The highest BCUT2D eigenvalue weighted by Gasteiger charge is 2.28. The molecule has 0 bridgehead atoms. The van der Waals surface area contributed by atoms with Gasteiger partial charge in [0.2, 0.25) is 5.91 Å². The molecule has 5 nitrogen and oxygen atoms in total. The number of nitrogens with zero attached hydrogens (tertiary/aromatic N) is 3. The third kappa shape index (κ3) is 3.12. The van der Waals surface area contributed by atoms with Crippen molar-refractivity contribution in [1.82, 2.24) is 20.0 Å². The van der Waals surface area contributed by atoms with Crippen molar-refractivity contribution in [2.75, 3.05) is 13.6 Å². The Labute approximate surface area is 134 Å². The fourth-order valence-corrected chi connectivity index (χ4v) is 3.53. The number of hydrogen-bond donors (Lipinski definition) is 1. The van der Waals surface area contributed by atoms with E-state index in [-0.39, 0.29) is 24.4 Å². The third-order valence-corrected chi connectivity index (χ3v) is 4.74. The summed E-state index contributed by atoms with van der Waals surface area (Å²) < 4.78 is 1.72. The van der Waals surface area contributed by atoms with Gasteiger partial charge in [-0.25, -0.2) is 0 Å². The molecule has 1 unspecified atom stereocenters. The van der Waals surface area contributed by atoms with Gasteiger partial charge in [0.05, 0.1) is 6.20 Å². The van der Waals surface area contributed by atoms with Crippen molar-refractivity contribution in [3.8, 4) is 0 Å². The number of likely N-dealkylation sites (N-methyl/N-ethyl adjacent to an activating group) is 1. The van der Waals surface area contributed by atoms with Crippen LogP contribution in [0.15, 0.2) is 23.8 Å². The first kappa shape index (κ1) is 16.0. The highest BCUT2D eigenvalue weighted by molar-refractivity contribution is 7.10. The second-order valence-corrected chi connectivity index (χ2v) is 6.05. The smallest absolute Gasteiger partial charge is 0.244 e. The summed E-state index contributed by atoms with van der Waals surface area (Å²) in [6.07, 6.45) is 4.60. The van der Waals surface area contributed by atoms with E-state index in [1.54, 1.807) is 22.2 Å². The Morgan fingerprint density at radius 3 is 3.00 bits per heavy atom. The van der Waals surface area contributed by atoms with Crippen LogP contribution in [0.25, 0.3) is 0 Å². The predicted molar refractivity (Wildman–Crippen MR) is 85.7 cm³/mol. The monoisotopic (exact) mass is 326 g/mol. The number of amides is 1. The number of carbonyl (C=O) groups is 1. The van der Waals surface area contributed by atoms with Gasteiger partial charge < -0.3 is 10.2 Å². The number of rotatable bonds is 3. The van der Waals surface area contributed by atoms with Crippen LogP contribution >= 0.6 is 23.7 Å². The molecule has 0 saturated heterocycles. The Balaban J connectivity index is 0.00000161. The topological polar surface area (TPSA) is 50.2 Å². The molecule has 3 heterocycles. The van der Waals surface area contributed by atoms with Crippen molar-refractivity contribution < 1.29 is 4.79 Å². The number of aromatic nitrogens is 2. The van der Waals surface area contributed by atoms with Crippen LogP contribution in [-0.2, 0) is 24.8 Å². The van der Waals surface area contributed by atoms with Gasteiger partial charge in [0.1, 0.15) is 6.04 Å². The molecule has 1 amide bonds. The van der Waals surface area contributed by atoms with Gasteiger partial charge in [-0.3, -0.25) is 9.48 Å². The summed E-state index contributed by atoms with van der Waals surface area (Å²) >= 11 is 1.79. The van der Waals surface area contributed by atoms with Crippen LogP contribution in [0.4, 0.5) is 0 Å². The van der Waals surface area contributed by atoms with E-state index >= 15 is 0 Å². The first-order chi connectivity index (χ1) is 9.69. The summed E-state index contributed by atoms with van der Waals surface area (Å²) in [5.41, 5.74) is 2.20. The zero-order valence-corrected chi connectivity index (χ0v) is 13.7. The number of aryl methyl sites for hydroxylation is 1. The molecular weight excluding hydrogens is 308 g/mol. The lowest BCUT2D eigenvalue weighted by atomic mass is 10.1. The quantitative estimate of drug-likeness (QED) is 0.935. The Morgan fingerprint density at radius 2 is 2.33 bits per heavy atom. The van der Waals surface area contributed by atoms with E-state index in [0.717, 1.165) is 25.1 Å². The SMILES string of the molecule is CNC(C(=O)N1CCc2sccc2C1)c1cnn(C)c1.Cl. The van der Waals surface area contributed by atoms with Crippen LogP contribution in [-0.4, -0.2) is 34.2 Å². The summed E-state index contributed by atoms with van der Waals surface area (Å²) in [5, 5.41) is 9.36. The number of thiophene rings is 1. The maximum Gasteiger partial charge on any atom is 0.244 e. The summed E-state index contributed by atoms with van der Waals surface area (Å²) in [7, 11) is 3.68. The molecule has 0 aromatic carbocycles. The first-order valence-corrected chi connectivity index (χ1v) is 7.57. The molecule has 0 radical (unpaired) electrons. The van der Waals surface area contributed by atoms with E-state index in [0.29, 0.717) is 0 Å². The van der Waals surface area contributed by atoms with Crippen LogP contribution in [0.1, 0.15) is 22.0 Å². The normalized spacial score (nSPS) is 15.2. The highest BCUT2D eigenvalue weighted by Crippen LogP contribution is 2.26. The molecule has 1 atom stereocenters. The summed E-state index contributed by atoms with van der Waals surface area (Å²) in [5.74, 6) is 0.123. The average Bonchev–Trinajstić information content (AvgIpc) is 3.07. The fraction of sp³-hybridized carbons (Fsp3) is 0.429. The molecule has 1 aliphatic rings. The Kier molecular flexibility index (Phi) is 5.03. The molecule has 114 valence electrons. The maximum atomic E-state index is 12.7. The zero-order chi connectivity index (χ0) is 14.1. The third-order valence-electron chi connectivity index (χ3n) is 3.71. The van der Waals surface area contributed by atoms with E-state index in [1.165, 1.54) is 10.4 Å². The number of fused-ring (bicyclic) bond motifs is 1. The van der Waals surface area contributed by atoms with Crippen LogP contribution < -0.4 is 5.32 Å². The lowest BCUT2D eigenvalue weighted by Crippen LogP contribution is -2.42. The van der Waals surface area contributed by atoms with Gasteiger partial charge in [-0.15, -0.1) is 23.7 Å². The zero-order valence-electron chi connectivity index (χ0n) is 12.1. The predicted octanol–water partition coefficient (Wildman–Crippen LogP) is 1.75. The molecule has 2 aromatic rings. The summed E-state index contributed by atoms with van der Waals surface area (Å²) in [6, 6.07) is 1.81. The summed E-state index contributed by atoms with van der Waals surface area (Å²) in [4.78, 5) is 16.0. The minimum Gasteiger partial charge on any atom is -0.336 e. The molecule has 21 heavy (non-hydrogen) atoms. The first-order valence-electron chi connectivity index (χ1n) is 6.69. The van der Waals surface area contributed by atoms with Gasteiger partial charge in [-0.2, -0.15) is 5.10 Å². The molecule has 1 aliphatic heterocycles. The van der Waals surface area contributed by atoms with E-state index in [4.69, 9.17) is 0 Å².